The van der Waals surface area contributed by atoms with Gasteiger partial charge in [0.2, 0.25) is 11.2 Å². The quantitative estimate of drug-likeness (QED) is 0.330. The fourth-order valence-corrected chi connectivity index (χ4v) is 5.48. The summed E-state index contributed by atoms with van der Waals surface area (Å²) in [5, 5.41) is 2.72. The van der Waals surface area contributed by atoms with Gasteiger partial charge >= 0.3 is 6.09 Å². The first-order chi connectivity index (χ1) is 18.6. The molecule has 0 unspecified atom stereocenters. The zero-order chi connectivity index (χ0) is 28.0. The molecule has 0 radical (unpaired) electrons. The van der Waals surface area contributed by atoms with Crippen molar-refractivity contribution in [2.45, 2.75) is 71.3 Å². The van der Waals surface area contributed by atoms with E-state index < -0.39 is 17.5 Å². The Bertz CT molecular complexity index is 1140. The standard InChI is InChI=1S/C28H38ClFN6O3/c1-28(2,3)39-27(38)36-15-10-20(11-16-36)6-4-5-19-8-13-35(14-9-19)22-17-23(30)32-18-21(22)25(37)33-24-7-12-31-26(29)34-24/h7,12,17-20H,4-6,8-11,13-16H2,1-3H3,(H,31,33,34,37). The van der Waals surface area contributed by atoms with Crippen LogP contribution in [0.25, 0.3) is 0 Å². The number of ether oxygens (including phenoxy) is 1. The molecule has 2 aliphatic rings. The van der Waals surface area contributed by atoms with Crippen LogP contribution in [0.4, 0.5) is 20.7 Å². The molecule has 0 bridgehead atoms. The highest BCUT2D eigenvalue weighted by atomic mass is 35.5. The molecule has 0 saturated carbocycles. The third kappa shape index (κ3) is 8.49. The number of nitrogens with zero attached hydrogens (tertiary/aromatic N) is 5. The number of aromatic nitrogens is 3. The Hall–Kier alpha value is -3.01. The molecule has 0 aromatic carbocycles. The Labute approximate surface area is 234 Å². The molecule has 11 heteroatoms. The highest BCUT2D eigenvalue weighted by Crippen LogP contribution is 2.31. The van der Waals surface area contributed by atoms with Crippen molar-refractivity contribution in [1.82, 2.24) is 19.9 Å². The number of carbonyl (C=O) groups excluding carboxylic acids is 2. The lowest BCUT2D eigenvalue weighted by Crippen LogP contribution is -2.41. The van der Waals surface area contributed by atoms with Gasteiger partial charge in [-0.1, -0.05) is 19.3 Å². The molecule has 2 fully saturated rings. The molecule has 2 amide bonds. The third-order valence-electron chi connectivity index (χ3n) is 7.41. The number of anilines is 2. The minimum atomic E-state index is -0.619. The topological polar surface area (TPSA) is 101 Å². The molecule has 1 N–H and O–H groups in total. The molecule has 0 spiro atoms. The number of piperidine rings is 2. The Morgan fingerprint density at radius 1 is 1.08 bits per heavy atom. The second-order valence-corrected chi connectivity index (χ2v) is 11.8. The molecule has 0 atom stereocenters. The predicted molar refractivity (Wildman–Crippen MR) is 149 cm³/mol. The van der Waals surface area contributed by atoms with Gasteiger partial charge in [0.05, 0.1) is 11.3 Å². The SMILES string of the molecule is CC(C)(C)OC(=O)N1CCC(CCCC2CCN(c3cc(F)ncc3C(=O)Nc3ccnc(Cl)n3)CC2)CC1. The number of likely N-dealkylation sites (tertiary alicyclic amines) is 1. The van der Waals surface area contributed by atoms with Crippen LogP contribution < -0.4 is 10.2 Å². The molecule has 2 saturated heterocycles. The number of pyridine rings is 1. The fraction of sp³-hybridized carbons (Fsp3) is 0.607. The van der Waals surface area contributed by atoms with E-state index in [9.17, 15) is 14.0 Å². The van der Waals surface area contributed by atoms with Gasteiger partial charge in [-0.3, -0.25) is 4.79 Å². The van der Waals surface area contributed by atoms with Crippen molar-refractivity contribution >= 4 is 35.1 Å². The molecule has 39 heavy (non-hydrogen) atoms. The second-order valence-electron chi connectivity index (χ2n) is 11.5. The van der Waals surface area contributed by atoms with Crippen LogP contribution in [0, 0.1) is 17.8 Å². The van der Waals surface area contributed by atoms with Gasteiger partial charge in [0.15, 0.2) is 0 Å². The molecular weight excluding hydrogens is 523 g/mol. The lowest BCUT2D eigenvalue weighted by Gasteiger charge is -2.35. The van der Waals surface area contributed by atoms with Crippen LogP contribution in [0.1, 0.15) is 76.1 Å². The van der Waals surface area contributed by atoms with Crippen molar-refractivity contribution < 1.29 is 18.7 Å². The molecule has 2 aliphatic heterocycles. The number of halogens is 2. The summed E-state index contributed by atoms with van der Waals surface area (Å²) >= 11 is 5.82. The van der Waals surface area contributed by atoms with Crippen LogP contribution in [0.5, 0.6) is 0 Å². The van der Waals surface area contributed by atoms with Crippen LogP contribution in [-0.4, -0.2) is 63.6 Å². The van der Waals surface area contributed by atoms with Crippen LogP contribution >= 0.6 is 11.6 Å². The molecule has 0 aliphatic carbocycles. The minimum Gasteiger partial charge on any atom is -0.444 e. The number of hydrogen-bond acceptors (Lipinski definition) is 7. The molecule has 2 aromatic rings. The highest BCUT2D eigenvalue weighted by molar-refractivity contribution is 6.28. The average molecular weight is 561 g/mol. The minimum absolute atomic E-state index is 0.0265. The van der Waals surface area contributed by atoms with Crippen LogP contribution in [0.3, 0.4) is 0 Å². The van der Waals surface area contributed by atoms with E-state index in [1.807, 2.05) is 25.7 Å². The normalized spacial score (nSPS) is 17.3. The van der Waals surface area contributed by atoms with Crippen molar-refractivity contribution in [3.8, 4) is 0 Å². The van der Waals surface area contributed by atoms with Crippen molar-refractivity contribution in [2.75, 3.05) is 36.4 Å². The van der Waals surface area contributed by atoms with E-state index in [0.717, 1.165) is 58.3 Å². The summed E-state index contributed by atoms with van der Waals surface area (Å²) in [7, 11) is 0. The smallest absolute Gasteiger partial charge is 0.410 e. The summed E-state index contributed by atoms with van der Waals surface area (Å²) in [4.78, 5) is 40.6. The monoisotopic (exact) mass is 560 g/mol. The van der Waals surface area contributed by atoms with Crippen molar-refractivity contribution in [3.05, 3.63) is 41.3 Å². The van der Waals surface area contributed by atoms with Gasteiger partial charge in [-0.25, -0.2) is 19.7 Å². The van der Waals surface area contributed by atoms with Gasteiger partial charge in [0, 0.05) is 44.6 Å². The maximum atomic E-state index is 14.1. The van der Waals surface area contributed by atoms with E-state index in [1.54, 1.807) is 0 Å². The van der Waals surface area contributed by atoms with E-state index in [1.165, 1.54) is 37.4 Å². The van der Waals surface area contributed by atoms with E-state index in [2.05, 4.69) is 25.2 Å². The number of rotatable bonds is 7. The van der Waals surface area contributed by atoms with Gasteiger partial charge in [-0.15, -0.1) is 0 Å². The molecule has 9 nitrogen and oxygen atoms in total. The molecule has 4 rings (SSSR count). The summed E-state index contributed by atoms with van der Waals surface area (Å²) in [5.74, 6) is 0.479. The van der Waals surface area contributed by atoms with E-state index in [-0.39, 0.29) is 17.2 Å². The lowest BCUT2D eigenvalue weighted by molar-refractivity contribution is 0.0180. The first-order valence-electron chi connectivity index (χ1n) is 13.8. The number of amides is 2. The van der Waals surface area contributed by atoms with Gasteiger partial charge in [-0.05, 0) is 76.0 Å². The predicted octanol–water partition coefficient (Wildman–Crippen LogP) is 5.95. The summed E-state index contributed by atoms with van der Waals surface area (Å²) in [6.07, 6.45) is 10.0. The molecule has 2 aromatic heterocycles. The van der Waals surface area contributed by atoms with Crippen molar-refractivity contribution in [2.24, 2.45) is 11.8 Å². The van der Waals surface area contributed by atoms with Crippen LogP contribution in [0.15, 0.2) is 24.5 Å². The summed E-state index contributed by atoms with van der Waals surface area (Å²) in [6, 6.07) is 2.86. The largest absolute Gasteiger partial charge is 0.444 e. The maximum absolute atomic E-state index is 14.1. The maximum Gasteiger partial charge on any atom is 0.410 e. The Kier molecular flexibility index (Phi) is 9.58. The summed E-state index contributed by atoms with van der Waals surface area (Å²) < 4.78 is 19.6. The van der Waals surface area contributed by atoms with Gasteiger partial charge in [0.25, 0.3) is 5.91 Å². The van der Waals surface area contributed by atoms with Gasteiger partial charge in [0.1, 0.15) is 11.4 Å². The summed E-state index contributed by atoms with van der Waals surface area (Å²) in [6.45, 7) is 8.72. The highest BCUT2D eigenvalue weighted by Gasteiger charge is 2.28. The van der Waals surface area contributed by atoms with Crippen LogP contribution in [0.2, 0.25) is 5.28 Å². The van der Waals surface area contributed by atoms with Crippen molar-refractivity contribution in [1.29, 1.82) is 0 Å². The van der Waals surface area contributed by atoms with E-state index in [4.69, 9.17) is 16.3 Å². The first-order valence-corrected chi connectivity index (χ1v) is 14.1. The Morgan fingerprint density at radius 3 is 2.33 bits per heavy atom. The fourth-order valence-electron chi connectivity index (χ4n) is 5.33. The number of hydrogen-bond donors (Lipinski definition) is 1. The number of nitrogens with one attached hydrogen (secondary N) is 1. The Morgan fingerprint density at radius 2 is 1.72 bits per heavy atom. The lowest BCUT2D eigenvalue weighted by atomic mass is 9.86. The van der Waals surface area contributed by atoms with E-state index >= 15 is 0 Å². The summed E-state index contributed by atoms with van der Waals surface area (Å²) in [5.41, 5.74) is 0.368. The van der Waals surface area contributed by atoms with E-state index in [0.29, 0.717) is 23.1 Å². The Balaban J connectivity index is 1.22. The molecule has 212 valence electrons. The molecule has 4 heterocycles. The average Bonchev–Trinajstić information content (AvgIpc) is 2.88. The van der Waals surface area contributed by atoms with Crippen molar-refractivity contribution in [3.63, 3.8) is 0 Å². The molecular formula is C28H38ClFN6O3. The first kappa shape index (κ1) is 29.0. The van der Waals surface area contributed by atoms with Gasteiger partial charge in [-0.2, -0.15) is 4.39 Å². The second kappa shape index (κ2) is 12.9. The third-order valence-corrected chi connectivity index (χ3v) is 7.59. The van der Waals surface area contributed by atoms with Gasteiger partial charge < -0.3 is 19.9 Å². The zero-order valence-corrected chi connectivity index (χ0v) is 23.7. The zero-order valence-electron chi connectivity index (χ0n) is 23.0. The number of carbonyl (C=O) groups is 2. The van der Waals surface area contributed by atoms with Crippen LogP contribution in [-0.2, 0) is 4.74 Å².